The second-order valence-corrected chi connectivity index (χ2v) is 9.20. The molecule has 6 heteroatoms. The van der Waals surface area contributed by atoms with Crippen LogP contribution in [0.4, 0.5) is 0 Å². The van der Waals surface area contributed by atoms with Crippen molar-refractivity contribution in [2.75, 3.05) is 0 Å². The molecule has 2 heterocycles. The number of nitrogens with zero attached hydrogens (tertiary/aromatic N) is 1. The highest BCUT2D eigenvalue weighted by Gasteiger charge is 2.67. The van der Waals surface area contributed by atoms with E-state index in [-0.39, 0.29) is 47.9 Å². The third-order valence-corrected chi connectivity index (χ3v) is 7.60. The summed E-state index contributed by atoms with van der Waals surface area (Å²) in [7, 11) is 0. The predicted molar refractivity (Wildman–Crippen MR) is 111 cm³/mol. The van der Waals surface area contributed by atoms with Crippen LogP contribution >= 0.6 is 0 Å². The molecule has 1 aromatic heterocycles. The second-order valence-electron chi connectivity index (χ2n) is 9.20. The van der Waals surface area contributed by atoms with E-state index in [9.17, 15) is 14.4 Å². The summed E-state index contributed by atoms with van der Waals surface area (Å²) in [5.41, 5.74) is 0.917. The maximum Gasteiger partial charge on any atom is 0.244 e. The van der Waals surface area contributed by atoms with Crippen molar-refractivity contribution >= 4 is 17.7 Å². The van der Waals surface area contributed by atoms with Gasteiger partial charge in [-0.15, -0.1) is 0 Å². The fourth-order valence-corrected chi connectivity index (χ4v) is 6.13. The molecule has 2 aromatic rings. The molecule has 4 aliphatic carbocycles. The standard InChI is InChI=1S/C25H24N2O4/c28-23(26-13-15-7-4-10-31-15)20(11-14-5-2-1-3-6-14)27-24(29)21-16-8-9-17(19-12-18(16)19)22(21)25(27)30/h1-10,16-22H,11-13H2,(H,26,28)/t16-,17-,18-,19-,20+,21+,22+/m1/s1. The van der Waals surface area contributed by atoms with Crippen molar-refractivity contribution in [1.29, 1.82) is 0 Å². The largest absolute Gasteiger partial charge is 0.467 e. The van der Waals surface area contributed by atoms with Crippen LogP contribution in [0.5, 0.6) is 0 Å². The van der Waals surface area contributed by atoms with Crippen LogP contribution in [-0.4, -0.2) is 28.7 Å². The minimum absolute atomic E-state index is 0.144. The number of amides is 3. The van der Waals surface area contributed by atoms with E-state index in [1.54, 1.807) is 18.4 Å². The highest BCUT2D eigenvalue weighted by molar-refractivity contribution is 6.09. The monoisotopic (exact) mass is 416 g/mol. The first-order chi connectivity index (χ1) is 15.1. The van der Waals surface area contributed by atoms with Gasteiger partial charge in [-0.2, -0.15) is 0 Å². The first-order valence-electron chi connectivity index (χ1n) is 11.0. The lowest BCUT2D eigenvalue weighted by molar-refractivity contribution is -0.148. The zero-order chi connectivity index (χ0) is 21.1. The molecule has 1 N–H and O–H groups in total. The van der Waals surface area contributed by atoms with E-state index in [2.05, 4.69) is 17.5 Å². The summed E-state index contributed by atoms with van der Waals surface area (Å²) >= 11 is 0. The average Bonchev–Trinajstić information content (AvgIpc) is 3.38. The number of furan rings is 1. The lowest BCUT2D eigenvalue weighted by atomic mass is 9.63. The third-order valence-electron chi connectivity index (χ3n) is 7.60. The number of carbonyl (C=O) groups is 3. The molecule has 7 rings (SSSR count). The normalized spacial score (nSPS) is 33.2. The molecule has 0 unspecified atom stereocenters. The lowest BCUT2D eigenvalue weighted by Crippen LogP contribution is -2.51. The molecule has 3 amide bonds. The summed E-state index contributed by atoms with van der Waals surface area (Å²) in [6.45, 7) is 0.219. The average molecular weight is 416 g/mol. The van der Waals surface area contributed by atoms with Gasteiger partial charge in [-0.3, -0.25) is 19.3 Å². The summed E-state index contributed by atoms with van der Waals surface area (Å²) in [5.74, 6) is 0.705. The number of imide groups is 1. The minimum atomic E-state index is -0.862. The number of rotatable bonds is 6. The van der Waals surface area contributed by atoms with Crippen LogP contribution in [0.15, 0.2) is 65.3 Å². The minimum Gasteiger partial charge on any atom is -0.467 e. The van der Waals surface area contributed by atoms with Crippen LogP contribution in [0, 0.1) is 35.5 Å². The molecule has 0 radical (unpaired) electrons. The topological polar surface area (TPSA) is 79.6 Å². The van der Waals surface area contributed by atoms with Crippen molar-refractivity contribution < 1.29 is 18.8 Å². The molecular weight excluding hydrogens is 392 g/mol. The molecule has 158 valence electrons. The fourth-order valence-electron chi connectivity index (χ4n) is 6.13. The highest BCUT2D eigenvalue weighted by Crippen LogP contribution is 2.65. The molecule has 2 saturated carbocycles. The summed E-state index contributed by atoms with van der Waals surface area (Å²) in [6.07, 6.45) is 7.27. The molecule has 1 aliphatic heterocycles. The summed E-state index contributed by atoms with van der Waals surface area (Å²) in [6, 6.07) is 12.2. The zero-order valence-electron chi connectivity index (χ0n) is 17.0. The number of carbonyl (C=O) groups excluding carboxylic acids is 3. The Balaban J connectivity index is 1.30. The molecule has 0 spiro atoms. The van der Waals surface area contributed by atoms with Crippen molar-refractivity contribution in [2.24, 2.45) is 35.5 Å². The van der Waals surface area contributed by atoms with Crippen LogP contribution < -0.4 is 5.32 Å². The van der Waals surface area contributed by atoms with Crippen molar-refractivity contribution in [2.45, 2.75) is 25.4 Å². The maximum absolute atomic E-state index is 13.5. The molecule has 3 fully saturated rings. The molecular formula is C25H24N2O4. The Hall–Kier alpha value is -3.15. The van der Waals surface area contributed by atoms with Gasteiger partial charge in [-0.05, 0) is 47.8 Å². The van der Waals surface area contributed by atoms with E-state index in [4.69, 9.17) is 4.42 Å². The van der Waals surface area contributed by atoms with Gasteiger partial charge in [-0.25, -0.2) is 0 Å². The van der Waals surface area contributed by atoms with Crippen molar-refractivity contribution in [3.8, 4) is 0 Å². The molecule has 6 nitrogen and oxygen atoms in total. The molecule has 1 saturated heterocycles. The van der Waals surface area contributed by atoms with Gasteiger partial charge in [0.05, 0.1) is 24.6 Å². The van der Waals surface area contributed by atoms with E-state index in [1.165, 1.54) is 4.90 Å². The van der Waals surface area contributed by atoms with E-state index in [1.807, 2.05) is 30.3 Å². The van der Waals surface area contributed by atoms with Gasteiger partial charge >= 0.3 is 0 Å². The zero-order valence-corrected chi connectivity index (χ0v) is 17.0. The number of allylic oxidation sites excluding steroid dienone is 2. The van der Waals surface area contributed by atoms with E-state index in [0.717, 1.165) is 12.0 Å². The Labute approximate surface area is 180 Å². The fraction of sp³-hybridized carbons (Fsp3) is 0.400. The number of likely N-dealkylation sites (tertiary alicyclic amines) is 1. The van der Waals surface area contributed by atoms with E-state index < -0.39 is 6.04 Å². The number of nitrogens with one attached hydrogen (secondary N) is 1. The van der Waals surface area contributed by atoms with Gasteiger partial charge in [-0.1, -0.05) is 42.5 Å². The van der Waals surface area contributed by atoms with Crippen molar-refractivity contribution in [1.82, 2.24) is 10.2 Å². The van der Waals surface area contributed by atoms with Crippen molar-refractivity contribution in [3.63, 3.8) is 0 Å². The van der Waals surface area contributed by atoms with Gasteiger partial charge in [0.25, 0.3) is 0 Å². The Bertz CT molecular complexity index is 1020. The van der Waals surface area contributed by atoms with E-state index in [0.29, 0.717) is 24.0 Å². The van der Waals surface area contributed by atoms with Gasteiger partial charge in [0, 0.05) is 6.42 Å². The highest BCUT2D eigenvalue weighted by atomic mass is 16.3. The first-order valence-corrected chi connectivity index (χ1v) is 11.0. The quantitative estimate of drug-likeness (QED) is 0.580. The van der Waals surface area contributed by atoms with Crippen molar-refractivity contribution in [3.05, 3.63) is 72.2 Å². The smallest absolute Gasteiger partial charge is 0.244 e. The van der Waals surface area contributed by atoms with Crippen LogP contribution in [-0.2, 0) is 27.3 Å². The van der Waals surface area contributed by atoms with Crippen LogP contribution in [0.25, 0.3) is 0 Å². The summed E-state index contributed by atoms with van der Waals surface area (Å²) in [4.78, 5) is 41.6. The molecule has 1 aromatic carbocycles. The summed E-state index contributed by atoms with van der Waals surface area (Å²) < 4.78 is 5.31. The molecule has 2 bridgehead atoms. The second kappa shape index (κ2) is 6.94. The summed E-state index contributed by atoms with van der Waals surface area (Å²) in [5, 5.41) is 2.87. The van der Waals surface area contributed by atoms with Gasteiger partial charge in [0.1, 0.15) is 11.8 Å². The lowest BCUT2D eigenvalue weighted by Gasteiger charge is -2.37. The van der Waals surface area contributed by atoms with Crippen LogP contribution in [0.1, 0.15) is 17.7 Å². The van der Waals surface area contributed by atoms with Crippen LogP contribution in [0.2, 0.25) is 0 Å². The molecule has 31 heavy (non-hydrogen) atoms. The number of hydrogen-bond donors (Lipinski definition) is 1. The van der Waals surface area contributed by atoms with Crippen LogP contribution in [0.3, 0.4) is 0 Å². The van der Waals surface area contributed by atoms with E-state index >= 15 is 0 Å². The SMILES string of the molecule is O=C(NCc1ccco1)[C@H](Cc1ccccc1)N1C(=O)[C@H]2[C@@H]3C=C[C@H]([C@H]4C[C@H]34)[C@@H]2C1=O. The predicted octanol–water partition coefficient (Wildman–Crippen LogP) is 2.56. The number of benzene rings is 1. The van der Waals surface area contributed by atoms with Gasteiger partial charge in [0.2, 0.25) is 17.7 Å². The Morgan fingerprint density at radius 3 is 2.29 bits per heavy atom. The third kappa shape index (κ3) is 2.88. The molecule has 5 aliphatic rings. The number of hydrogen-bond acceptors (Lipinski definition) is 4. The Morgan fingerprint density at radius 1 is 1.00 bits per heavy atom. The van der Waals surface area contributed by atoms with Gasteiger partial charge in [0.15, 0.2) is 0 Å². The maximum atomic E-state index is 13.5. The van der Waals surface area contributed by atoms with Gasteiger partial charge < -0.3 is 9.73 Å². The Morgan fingerprint density at radius 2 is 1.68 bits per heavy atom. The molecule has 7 atom stereocenters. The first kappa shape index (κ1) is 18.6. The Kier molecular flexibility index (Phi) is 4.16.